The van der Waals surface area contributed by atoms with Crippen LogP contribution in [0.25, 0.3) is 0 Å². The number of hydrogen-bond donors (Lipinski definition) is 1. The molecule has 0 saturated heterocycles. The number of aliphatic hydroxyl groups excluding tert-OH is 1. The van der Waals surface area contributed by atoms with Crippen LogP contribution in [-0.4, -0.2) is 40.5 Å². The van der Waals surface area contributed by atoms with Gasteiger partial charge in [0, 0.05) is 27.8 Å². The molecule has 1 radical (unpaired) electrons. The maximum atomic E-state index is 8.89. The summed E-state index contributed by atoms with van der Waals surface area (Å²) >= 11 is 0. The Bertz CT molecular complexity index is 143. The van der Waals surface area contributed by atoms with E-state index in [1.165, 1.54) is 0 Å². The van der Waals surface area contributed by atoms with Crippen LogP contribution in [0.2, 0.25) is 12.6 Å². The maximum absolute atomic E-state index is 8.89. The maximum Gasteiger partial charge on any atom is 0.352 e. The second-order valence-electron chi connectivity index (χ2n) is 2.86. The predicted molar refractivity (Wildman–Crippen MR) is 53.5 cm³/mol. The van der Waals surface area contributed by atoms with Crippen LogP contribution in [0.4, 0.5) is 0 Å². The summed E-state index contributed by atoms with van der Waals surface area (Å²) in [5, 5.41) is 17.4. The summed E-state index contributed by atoms with van der Waals surface area (Å²) in [7, 11) is 1.44. The normalized spacial score (nSPS) is 10.4. The van der Waals surface area contributed by atoms with Crippen molar-refractivity contribution in [3.05, 3.63) is 0 Å². The summed E-state index contributed by atoms with van der Waals surface area (Å²) in [6, 6.07) is 0.858. The van der Waals surface area contributed by atoms with E-state index in [-0.39, 0.29) is 6.61 Å². The molecule has 0 aromatic rings. The van der Waals surface area contributed by atoms with Crippen LogP contribution in [0, 0.1) is 0 Å². The van der Waals surface area contributed by atoms with Crippen molar-refractivity contribution in [2.24, 2.45) is 0 Å². The first-order valence-corrected chi connectivity index (χ1v) is 6.83. The molecule has 5 nitrogen and oxygen atoms in total. The van der Waals surface area contributed by atoms with Crippen molar-refractivity contribution in [3.8, 4) is 0 Å². The van der Waals surface area contributed by atoms with Gasteiger partial charge < -0.3 is 14.0 Å². The zero-order valence-electron chi connectivity index (χ0n) is 9.20. The Kier molecular flexibility index (Phi) is 10.4. The molecule has 0 aliphatic rings. The molecule has 0 aromatic heterocycles. The summed E-state index contributed by atoms with van der Waals surface area (Å²) in [6.45, 7) is 3.18. The number of hydrogen-bond acceptors (Lipinski definition) is 4. The van der Waals surface area contributed by atoms with Crippen LogP contribution in [0.1, 0.15) is 13.3 Å². The highest BCUT2D eigenvalue weighted by Crippen LogP contribution is 2.12. The Hall–Kier alpha value is -0.433. The molecule has 6 heteroatoms. The van der Waals surface area contributed by atoms with Gasteiger partial charge in [-0.2, -0.15) is 0 Å². The molecule has 0 fully saturated rings. The Balaban J connectivity index is 0. The third kappa shape index (κ3) is 11.6. The molecule has 0 atom stereocenters. The van der Waals surface area contributed by atoms with Gasteiger partial charge in [-0.25, -0.2) is 9.90 Å². The second kappa shape index (κ2) is 9.13. The van der Waals surface area contributed by atoms with E-state index in [0.717, 1.165) is 19.4 Å². The predicted octanol–water partition coefficient (Wildman–Crippen LogP) is 0.697. The summed E-state index contributed by atoms with van der Waals surface area (Å²) in [4.78, 5) is 8.89. The van der Waals surface area contributed by atoms with Gasteiger partial charge in [-0.3, -0.25) is 0 Å². The van der Waals surface area contributed by atoms with Crippen LogP contribution >= 0.6 is 0 Å². The fourth-order valence-electron chi connectivity index (χ4n) is 0.688. The van der Waals surface area contributed by atoms with E-state index in [4.69, 9.17) is 23.9 Å². The lowest BCUT2D eigenvalue weighted by Gasteiger charge is -2.21. The number of carbonyl (C=O) groups excluding carboxylic acids is 1. The minimum absolute atomic E-state index is 0.218. The molecule has 0 aliphatic heterocycles. The first kappa shape index (κ1) is 16.0. The molecule has 0 bridgehead atoms. The molecule has 0 amide bonds. The van der Waals surface area contributed by atoms with Crippen molar-refractivity contribution in [1.82, 2.24) is 0 Å². The van der Waals surface area contributed by atoms with Crippen molar-refractivity contribution in [3.63, 3.8) is 0 Å². The van der Waals surface area contributed by atoms with Crippen molar-refractivity contribution in [1.29, 1.82) is 0 Å². The van der Waals surface area contributed by atoms with Crippen molar-refractivity contribution >= 4 is 14.5 Å². The molecule has 0 aliphatic carbocycles. The number of rotatable bonds is 5. The second-order valence-corrected chi connectivity index (χ2v) is 6.44. The van der Waals surface area contributed by atoms with E-state index in [1.54, 1.807) is 14.2 Å². The summed E-state index contributed by atoms with van der Waals surface area (Å²) < 4.78 is 10.4. The Morgan fingerprint density at radius 2 is 1.71 bits per heavy atom. The largest absolute Gasteiger partial charge is 0.398 e. The highest BCUT2D eigenvalue weighted by molar-refractivity contribution is 6.65. The van der Waals surface area contributed by atoms with Gasteiger partial charge >= 0.3 is 14.5 Å². The average Bonchev–Trinajstić information content (AvgIpc) is 2.13. The molecule has 0 saturated carbocycles. The molecular formula is C8H19O5Si. The minimum atomic E-state index is -1.88. The quantitative estimate of drug-likeness (QED) is 0.696. The average molecular weight is 223 g/mol. The molecule has 0 heterocycles. The third-order valence-corrected chi connectivity index (χ3v) is 4.64. The molecule has 1 N–H and O–H groups in total. The molecule has 0 spiro atoms. The van der Waals surface area contributed by atoms with Gasteiger partial charge in [0.15, 0.2) is 0 Å². The fourth-order valence-corrected chi connectivity index (χ4v) is 2.06. The van der Waals surface area contributed by atoms with Gasteiger partial charge in [0.25, 0.3) is 0 Å². The zero-order valence-corrected chi connectivity index (χ0v) is 10.2. The van der Waals surface area contributed by atoms with E-state index in [9.17, 15) is 0 Å². The molecule has 0 unspecified atom stereocenters. The number of carbonyl (C=O) groups is 1. The lowest BCUT2D eigenvalue weighted by molar-refractivity contribution is -0.140. The zero-order chi connectivity index (χ0) is 11.6. The third-order valence-electron chi connectivity index (χ3n) is 1.65. The first-order chi connectivity index (χ1) is 6.41. The van der Waals surface area contributed by atoms with Gasteiger partial charge in [-0.15, -0.1) is 0 Å². The van der Waals surface area contributed by atoms with E-state index >= 15 is 0 Å². The van der Waals surface area contributed by atoms with E-state index in [0.29, 0.717) is 0 Å². The molecular weight excluding hydrogens is 204 g/mol. The molecule has 0 aromatic carbocycles. The standard InChI is InChI=1S/C6H16O3Si.C2H3O2/c1-8-10(3,9-2)6-4-5-7;1-2(3)4/h7H,4-6H2,1-3H3;1H3. The van der Waals surface area contributed by atoms with Crippen molar-refractivity contribution in [2.45, 2.75) is 25.9 Å². The van der Waals surface area contributed by atoms with Gasteiger partial charge in [-0.05, 0) is 19.0 Å². The minimum Gasteiger partial charge on any atom is -0.398 e. The molecule has 85 valence electrons. The Morgan fingerprint density at radius 1 is 1.36 bits per heavy atom. The van der Waals surface area contributed by atoms with Crippen LogP contribution < -0.4 is 0 Å². The lowest BCUT2D eigenvalue weighted by Crippen LogP contribution is -2.35. The monoisotopic (exact) mass is 223 g/mol. The molecule has 14 heavy (non-hydrogen) atoms. The number of aliphatic hydroxyl groups is 1. The van der Waals surface area contributed by atoms with Crippen molar-refractivity contribution in [2.75, 3.05) is 20.8 Å². The summed E-state index contributed by atoms with van der Waals surface area (Å²) in [5.74, 6) is -1.08. The van der Waals surface area contributed by atoms with Crippen molar-refractivity contribution < 1.29 is 23.9 Å². The molecule has 0 rings (SSSR count). The Labute approximate surface area is 85.9 Å². The first-order valence-electron chi connectivity index (χ1n) is 4.30. The fraction of sp³-hybridized carbons (Fsp3) is 0.875. The van der Waals surface area contributed by atoms with Crippen LogP contribution in [0.3, 0.4) is 0 Å². The SMILES string of the molecule is CC([O])=O.CO[Si](C)(CCCO)OC. The van der Waals surface area contributed by atoms with Gasteiger partial charge in [0.05, 0.1) is 0 Å². The summed E-state index contributed by atoms with van der Waals surface area (Å²) in [5.41, 5.74) is 0. The summed E-state index contributed by atoms with van der Waals surface area (Å²) in [6.07, 6.45) is 0.768. The van der Waals surface area contributed by atoms with Crippen LogP contribution in [-0.2, 0) is 18.8 Å². The van der Waals surface area contributed by atoms with Gasteiger partial charge in [0.2, 0.25) is 0 Å². The van der Waals surface area contributed by atoms with E-state index < -0.39 is 14.5 Å². The topological polar surface area (TPSA) is 75.7 Å². The van der Waals surface area contributed by atoms with E-state index in [2.05, 4.69) is 0 Å². The highest BCUT2D eigenvalue weighted by atomic mass is 28.4. The highest BCUT2D eigenvalue weighted by Gasteiger charge is 2.27. The lowest BCUT2D eigenvalue weighted by atomic mass is 10.5. The van der Waals surface area contributed by atoms with Crippen LogP contribution in [0.15, 0.2) is 0 Å². The van der Waals surface area contributed by atoms with E-state index in [1.807, 2.05) is 6.55 Å². The smallest absolute Gasteiger partial charge is 0.352 e. The Morgan fingerprint density at radius 3 is 1.93 bits per heavy atom. The van der Waals surface area contributed by atoms with Crippen LogP contribution in [0.5, 0.6) is 0 Å². The van der Waals surface area contributed by atoms with Gasteiger partial charge in [-0.1, -0.05) is 0 Å². The van der Waals surface area contributed by atoms with Gasteiger partial charge in [0.1, 0.15) is 0 Å².